The second-order valence-electron chi connectivity index (χ2n) is 3.92. The van der Waals surface area contributed by atoms with Gasteiger partial charge in [-0.2, -0.15) is 0 Å². The van der Waals surface area contributed by atoms with Crippen molar-refractivity contribution in [3.05, 3.63) is 84.4 Å². The minimum atomic E-state index is -0.747. The number of carbonyl (C=O) groups excluding carboxylic acids is 1. The van der Waals surface area contributed by atoms with Crippen molar-refractivity contribution in [1.29, 1.82) is 0 Å². The fourth-order valence-electron chi connectivity index (χ4n) is 2.01. The van der Waals surface area contributed by atoms with E-state index in [2.05, 4.69) is 6.58 Å². The van der Waals surface area contributed by atoms with Crippen LogP contribution in [0.25, 0.3) is 0 Å². The van der Waals surface area contributed by atoms with E-state index in [1.54, 1.807) is 6.08 Å². The minimum Gasteiger partial charge on any atom is -0.302 e. The maximum absolute atomic E-state index is 11.6. The molecule has 0 fully saturated rings. The molecule has 0 radical (unpaired) electrons. The molecule has 0 saturated carbocycles. The number of hydrogen-bond donors (Lipinski definition) is 0. The lowest BCUT2D eigenvalue weighted by Crippen LogP contribution is -2.26. The van der Waals surface area contributed by atoms with Gasteiger partial charge in [0.25, 0.3) is 0 Å². The zero-order valence-corrected chi connectivity index (χ0v) is 9.54. The summed E-state index contributed by atoms with van der Waals surface area (Å²) >= 11 is 0. The van der Waals surface area contributed by atoms with Crippen LogP contribution in [0.2, 0.25) is 0 Å². The van der Waals surface area contributed by atoms with Gasteiger partial charge in [-0.3, -0.25) is 0 Å². The van der Waals surface area contributed by atoms with Crippen LogP contribution in [0, 0.1) is 0 Å². The maximum atomic E-state index is 11.6. The van der Waals surface area contributed by atoms with Crippen molar-refractivity contribution in [2.75, 3.05) is 0 Å². The number of aldehydes is 1. The SMILES string of the molecule is C=CC(C=O)(c1ccccc1)c1ccccc1. The number of rotatable bonds is 4. The van der Waals surface area contributed by atoms with Crippen LogP contribution in [0.5, 0.6) is 0 Å². The summed E-state index contributed by atoms with van der Waals surface area (Å²) in [5.74, 6) is 0. The molecule has 0 atom stereocenters. The Morgan fingerprint density at radius 3 is 1.53 bits per heavy atom. The van der Waals surface area contributed by atoms with Gasteiger partial charge in [-0.15, -0.1) is 6.58 Å². The highest BCUT2D eigenvalue weighted by molar-refractivity contribution is 5.78. The first-order valence-electron chi connectivity index (χ1n) is 5.54. The van der Waals surface area contributed by atoms with Crippen LogP contribution < -0.4 is 0 Å². The maximum Gasteiger partial charge on any atom is 0.138 e. The third-order valence-electron chi connectivity index (χ3n) is 3.01. The molecular weight excluding hydrogens is 208 g/mol. The van der Waals surface area contributed by atoms with E-state index >= 15 is 0 Å². The predicted octanol–water partition coefficient (Wildman–Crippen LogP) is 3.36. The quantitative estimate of drug-likeness (QED) is 0.572. The largest absolute Gasteiger partial charge is 0.302 e. The van der Waals surface area contributed by atoms with Crippen LogP contribution in [-0.4, -0.2) is 6.29 Å². The summed E-state index contributed by atoms with van der Waals surface area (Å²) in [5, 5.41) is 0. The normalized spacial score (nSPS) is 10.8. The fraction of sp³-hybridized carbons (Fsp3) is 0.0625. The molecule has 0 bridgehead atoms. The molecule has 0 heterocycles. The summed E-state index contributed by atoms with van der Waals surface area (Å²) in [6, 6.07) is 19.4. The first-order chi connectivity index (χ1) is 8.33. The molecule has 2 aromatic carbocycles. The van der Waals surface area contributed by atoms with Gasteiger partial charge >= 0.3 is 0 Å². The standard InChI is InChI=1S/C16H14O/c1-2-16(13-17,14-9-5-3-6-10-14)15-11-7-4-8-12-15/h2-13H,1H2. The molecule has 1 nitrogen and oxygen atoms in total. The summed E-state index contributed by atoms with van der Waals surface area (Å²) < 4.78 is 0. The van der Waals surface area contributed by atoms with Crippen LogP contribution in [0.1, 0.15) is 11.1 Å². The molecule has 0 amide bonds. The molecule has 0 aliphatic heterocycles. The van der Waals surface area contributed by atoms with Crippen LogP contribution in [0.3, 0.4) is 0 Å². The molecule has 2 rings (SSSR count). The topological polar surface area (TPSA) is 17.1 Å². The third kappa shape index (κ3) is 1.92. The van der Waals surface area contributed by atoms with E-state index in [9.17, 15) is 4.79 Å². The van der Waals surface area contributed by atoms with Crippen molar-refractivity contribution in [3.8, 4) is 0 Å². The molecule has 84 valence electrons. The van der Waals surface area contributed by atoms with Crippen molar-refractivity contribution < 1.29 is 4.79 Å². The lowest BCUT2D eigenvalue weighted by Gasteiger charge is -2.25. The highest BCUT2D eigenvalue weighted by atomic mass is 16.1. The van der Waals surface area contributed by atoms with Crippen molar-refractivity contribution in [3.63, 3.8) is 0 Å². The predicted molar refractivity (Wildman–Crippen MR) is 69.9 cm³/mol. The van der Waals surface area contributed by atoms with Gasteiger partial charge in [0.1, 0.15) is 6.29 Å². The van der Waals surface area contributed by atoms with E-state index in [1.165, 1.54) is 0 Å². The molecule has 0 saturated heterocycles. The summed E-state index contributed by atoms with van der Waals surface area (Å²) in [5.41, 5.74) is 1.13. The Kier molecular flexibility index (Phi) is 3.20. The number of hydrogen-bond acceptors (Lipinski definition) is 1. The fourth-order valence-corrected chi connectivity index (χ4v) is 2.01. The molecule has 0 N–H and O–H groups in total. The summed E-state index contributed by atoms with van der Waals surface area (Å²) in [6.45, 7) is 3.83. The van der Waals surface area contributed by atoms with Gasteiger partial charge in [0.15, 0.2) is 0 Å². The van der Waals surface area contributed by atoms with Crippen LogP contribution in [0.15, 0.2) is 73.3 Å². The van der Waals surface area contributed by atoms with E-state index < -0.39 is 5.41 Å². The molecule has 0 unspecified atom stereocenters. The van der Waals surface area contributed by atoms with Gasteiger partial charge in [-0.05, 0) is 11.1 Å². The van der Waals surface area contributed by atoms with E-state index in [0.29, 0.717) is 0 Å². The average Bonchev–Trinajstić information content (AvgIpc) is 2.43. The van der Waals surface area contributed by atoms with Crippen molar-refractivity contribution in [1.82, 2.24) is 0 Å². The Hall–Kier alpha value is -2.15. The summed E-state index contributed by atoms with van der Waals surface area (Å²) in [6.07, 6.45) is 2.65. The molecule has 2 aromatic rings. The van der Waals surface area contributed by atoms with Gasteiger partial charge in [0.2, 0.25) is 0 Å². The van der Waals surface area contributed by atoms with Crippen molar-refractivity contribution >= 4 is 6.29 Å². The van der Waals surface area contributed by atoms with Gasteiger partial charge in [0, 0.05) is 0 Å². The Labute approximate surface area is 101 Å². The Bertz CT molecular complexity index is 450. The van der Waals surface area contributed by atoms with Crippen LogP contribution >= 0.6 is 0 Å². The number of benzene rings is 2. The molecule has 0 aliphatic carbocycles. The van der Waals surface area contributed by atoms with Crippen LogP contribution in [0.4, 0.5) is 0 Å². The molecule has 0 aliphatic rings. The minimum absolute atomic E-state index is 0.747. The zero-order chi connectivity index (χ0) is 12.1. The molecule has 1 heteroatoms. The van der Waals surface area contributed by atoms with Gasteiger partial charge in [0.05, 0.1) is 5.41 Å². The van der Waals surface area contributed by atoms with E-state index in [0.717, 1.165) is 17.4 Å². The lowest BCUT2D eigenvalue weighted by molar-refractivity contribution is -0.110. The highest BCUT2D eigenvalue weighted by Gasteiger charge is 2.30. The molecule has 0 aromatic heterocycles. The van der Waals surface area contributed by atoms with E-state index in [1.807, 2.05) is 60.7 Å². The van der Waals surface area contributed by atoms with Crippen molar-refractivity contribution in [2.45, 2.75) is 5.41 Å². The van der Waals surface area contributed by atoms with E-state index in [4.69, 9.17) is 0 Å². The Morgan fingerprint density at radius 1 is 0.824 bits per heavy atom. The molecule has 0 spiro atoms. The second-order valence-corrected chi connectivity index (χ2v) is 3.92. The second kappa shape index (κ2) is 4.79. The van der Waals surface area contributed by atoms with Gasteiger partial charge in [-0.25, -0.2) is 0 Å². The summed E-state index contributed by atoms with van der Waals surface area (Å²) in [4.78, 5) is 11.6. The smallest absolute Gasteiger partial charge is 0.138 e. The van der Waals surface area contributed by atoms with Gasteiger partial charge < -0.3 is 4.79 Å². The van der Waals surface area contributed by atoms with Gasteiger partial charge in [-0.1, -0.05) is 66.7 Å². The zero-order valence-electron chi connectivity index (χ0n) is 9.54. The molecule has 17 heavy (non-hydrogen) atoms. The molecular formula is C16H14O. The van der Waals surface area contributed by atoms with E-state index in [-0.39, 0.29) is 0 Å². The first kappa shape index (κ1) is 11.3. The summed E-state index contributed by atoms with van der Waals surface area (Å²) in [7, 11) is 0. The average molecular weight is 222 g/mol. The highest BCUT2D eigenvalue weighted by Crippen LogP contribution is 2.31. The number of allylic oxidation sites excluding steroid dienone is 1. The monoisotopic (exact) mass is 222 g/mol. The number of carbonyl (C=O) groups is 1. The van der Waals surface area contributed by atoms with Crippen molar-refractivity contribution in [2.24, 2.45) is 0 Å². The Morgan fingerprint density at radius 2 is 1.24 bits per heavy atom. The first-order valence-corrected chi connectivity index (χ1v) is 5.54. The van der Waals surface area contributed by atoms with Crippen LogP contribution in [-0.2, 0) is 10.2 Å². The Balaban J connectivity index is 2.62. The lowest BCUT2D eigenvalue weighted by atomic mass is 9.76. The third-order valence-corrected chi connectivity index (χ3v) is 3.01.